The first-order valence-corrected chi connectivity index (χ1v) is 12.7. The lowest BCUT2D eigenvalue weighted by Gasteiger charge is -2.20. The summed E-state index contributed by atoms with van der Waals surface area (Å²) < 4.78 is 21.9. The third-order valence-corrected chi connectivity index (χ3v) is 6.68. The number of fused-ring (bicyclic) bond motifs is 2. The maximum Gasteiger partial charge on any atom is 0.161 e. The van der Waals surface area contributed by atoms with Gasteiger partial charge in [-0.3, -0.25) is 5.43 Å². The van der Waals surface area contributed by atoms with Gasteiger partial charge in [-0.05, 0) is 65.8 Å². The summed E-state index contributed by atoms with van der Waals surface area (Å²) in [5.74, 6) is 2.81. The molecule has 0 aromatic heterocycles. The van der Waals surface area contributed by atoms with E-state index < -0.39 is 0 Å². The highest BCUT2D eigenvalue weighted by atomic mass is 16.5. The Morgan fingerprint density at radius 3 is 2.13 bits per heavy atom. The van der Waals surface area contributed by atoms with E-state index in [2.05, 4.69) is 33.7 Å². The maximum atomic E-state index is 5.54. The summed E-state index contributed by atoms with van der Waals surface area (Å²) >= 11 is 0. The number of rotatable bonds is 6. The van der Waals surface area contributed by atoms with Crippen molar-refractivity contribution < 1.29 is 18.9 Å². The van der Waals surface area contributed by atoms with Crippen LogP contribution in [0.1, 0.15) is 42.9 Å². The van der Waals surface area contributed by atoms with Crippen molar-refractivity contribution in [3.63, 3.8) is 0 Å². The Labute approximate surface area is 229 Å². The van der Waals surface area contributed by atoms with Crippen molar-refractivity contribution >= 4 is 29.9 Å². The smallest absolute Gasteiger partial charge is 0.161 e. The lowest BCUT2D eigenvalue weighted by molar-refractivity contribution is 0.354. The van der Waals surface area contributed by atoms with Gasteiger partial charge in [0.05, 0.1) is 28.4 Å². The zero-order chi connectivity index (χ0) is 27.8. The molecular weight excluding hydrogens is 492 g/mol. The SMILES string of the molecule is C1=NNC=c2ccccc2=C1.CCC1C(C)=NN=C(c2ccc(OC)c(OC)c2)c2cc(OC)c(OC)cc21. The molecule has 0 saturated heterocycles. The summed E-state index contributed by atoms with van der Waals surface area (Å²) in [5, 5.41) is 15.4. The van der Waals surface area contributed by atoms with Gasteiger partial charge in [-0.15, -0.1) is 5.10 Å². The molecule has 0 spiro atoms. The van der Waals surface area contributed by atoms with E-state index in [0.717, 1.165) is 34.5 Å². The monoisotopic (exact) mass is 526 g/mol. The Morgan fingerprint density at radius 2 is 1.44 bits per heavy atom. The number of benzene rings is 3. The van der Waals surface area contributed by atoms with Gasteiger partial charge in [0.15, 0.2) is 23.0 Å². The van der Waals surface area contributed by atoms with Crippen molar-refractivity contribution in [2.45, 2.75) is 26.2 Å². The molecule has 1 N–H and O–H groups in total. The molecule has 3 aromatic carbocycles. The number of hydrogen-bond acceptors (Lipinski definition) is 8. The molecule has 1 unspecified atom stereocenters. The fourth-order valence-electron chi connectivity index (χ4n) is 4.64. The minimum Gasteiger partial charge on any atom is -0.493 e. The highest BCUT2D eigenvalue weighted by Gasteiger charge is 2.26. The van der Waals surface area contributed by atoms with Crippen LogP contribution in [0.3, 0.4) is 0 Å². The minimum atomic E-state index is 0.149. The number of ether oxygens (including phenoxy) is 4. The summed E-state index contributed by atoms with van der Waals surface area (Å²) in [5.41, 5.74) is 7.51. The standard InChI is InChI=1S/C22H26N2O4.C9H8N2/c1-7-15-13(2)23-24-22(14-8-9-18(25-3)19(10-14)26-4)17-12-21(28-6)20(27-5)11-16(15)17;1-2-4-9-7-11-10-6-5-8(9)3-1/h8-12,15H,7H2,1-6H3;1-7,11H. The van der Waals surface area contributed by atoms with E-state index in [1.54, 1.807) is 34.7 Å². The van der Waals surface area contributed by atoms with E-state index >= 15 is 0 Å². The van der Waals surface area contributed by atoms with Gasteiger partial charge in [-0.25, -0.2) is 0 Å². The van der Waals surface area contributed by atoms with Crippen molar-refractivity contribution in [3.05, 3.63) is 81.7 Å². The Kier molecular flexibility index (Phi) is 8.99. The lowest BCUT2D eigenvalue weighted by Crippen LogP contribution is -2.24. The van der Waals surface area contributed by atoms with Crippen LogP contribution in [0.4, 0.5) is 0 Å². The molecule has 202 valence electrons. The third kappa shape index (κ3) is 5.95. The average Bonchev–Trinajstić information content (AvgIpc) is 3.30. The first kappa shape index (κ1) is 27.4. The van der Waals surface area contributed by atoms with Crippen LogP contribution >= 0.6 is 0 Å². The summed E-state index contributed by atoms with van der Waals surface area (Å²) in [6.45, 7) is 4.15. The summed E-state index contributed by atoms with van der Waals surface area (Å²) in [4.78, 5) is 0. The van der Waals surface area contributed by atoms with Crippen LogP contribution in [0.25, 0.3) is 12.3 Å². The van der Waals surface area contributed by atoms with Gasteiger partial charge < -0.3 is 18.9 Å². The Morgan fingerprint density at radius 1 is 0.769 bits per heavy atom. The van der Waals surface area contributed by atoms with Crippen LogP contribution in [0.5, 0.6) is 23.0 Å². The fraction of sp³-hybridized carbons (Fsp3) is 0.258. The molecule has 0 saturated carbocycles. The first-order valence-electron chi connectivity index (χ1n) is 12.7. The Hall–Kier alpha value is -4.59. The van der Waals surface area contributed by atoms with E-state index in [0.29, 0.717) is 23.0 Å². The number of nitrogens with one attached hydrogen (secondary N) is 1. The molecule has 0 amide bonds. The highest BCUT2D eigenvalue weighted by Crippen LogP contribution is 2.39. The number of hydrogen-bond donors (Lipinski definition) is 1. The second kappa shape index (κ2) is 12.8. The number of methoxy groups -OCH3 is 4. The minimum absolute atomic E-state index is 0.149. The fourth-order valence-corrected chi connectivity index (χ4v) is 4.64. The van der Waals surface area contributed by atoms with Gasteiger partial charge in [0.2, 0.25) is 0 Å². The zero-order valence-electron chi connectivity index (χ0n) is 23.2. The Balaban J connectivity index is 0.000000265. The van der Waals surface area contributed by atoms with Gasteiger partial charge in [0, 0.05) is 35.2 Å². The van der Waals surface area contributed by atoms with Crippen molar-refractivity contribution in [3.8, 4) is 23.0 Å². The molecule has 39 heavy (non-hydrogen) atoms. The van der Waals surface area contributed by atoms with Crippen LogP contribution in [0.15, 0.2) is 69.9 Å². The molecule has 0 fully saturated rings. The van der Waals surface area contributed by atoms with Crippen LogP contribution in [-0.4, -0.2) is 46.1 Å². The van der Waals surface area contributed by atoms with Gasteiger partial charge in [0.1, 0.15) is 5.71 Å². The quantitative estimate of drug-likeness (QED) is 0.520. The van der Waals surface area contributed by atoms with Crippen LogP contribution < -0.4 is 34.8 Å². The van der Waals surface area contributed by atoms with Crippen molar-refractivity contribution in [2.75, 3.05) is 28.4 Å². The second-order valence-electron chi connectivity index (χ2n) is 8.86. The van der Waals surface area contributed by atoms with E-state index in [1.165, 1.54) is 10.4 Å². The predicted octanol–water partition coefficient (Wildman–Crippen LogP) is 4.24. The van der Waals surface area contributed by atoms with Crippen LogP contribution in [0.2, 0.25) is 0 Å². The predicted molar refractivity (Wildman–Crippen MR) is 157 cm³/mol. The average molecular weight is 527 g/mol. The first-order chi connectivity index (χ1) is 19.0. The Bertz CT molecular complexity index is 1540. The normalized spacial score (nSPS) is 15.1. The van der Waals surface area contributed by atoms with Crippen LogP contribution in [0, 0.1) is 0 Å². The molecular formula is C31H34N4O4. The lowest BCUT2D eigenvalue weighted by atomic mass is 9.85. The van der Waals surface area contributed by atoms with Gasteiger partial charge in [0.25, 0.3) is 0 Å². The molecule has 5 rings (SSSR count). The second-order valence-corrected chi connectivity index (χ2v) is 8.86. The molecule has 8 heteroatoms. The summed E-state index contributed by atoms with van der Waals surface area (Å²) in [6.07, 6.45) is 6.52. The van der Waals surface area contributed by atoms with E-state index in [9.17, 15) is 0 Å². The number of nitrogens with zero attached hydrogens (tertiary/aromatic N) is 3. The molecule has 8 nitrogen and oxygen atoms in total. The zero-order valence-corrected chi connectivity index (χ0v) is 23.2. The summed E-state index contributed by atoms with van der Waals surface area (Å²) in [6, 6.07) is 17.9. The molecule has 0 aliphatic carbocycles. The van der Waals surface area contributed by atoms with E-state index in [1.807, 2.05) is 67.7 Å². The van der Waals surface area contributed by atoms with Crippen LogP contribution in [-0.2, 0) is 0 Å². The molecule has 2 aliphatic heterocycles. The summed E-state index contributed by atoms with van der Waals surface area (Å²) in [7, 11) is 6.51. The van der Waals surface area contributed by atoms with Gasteiger partial charge in [-0.2, -0.15) is 10.2 Å². The topological polar surface area (TPSA) is 86.0 Å². The van der Waals surface area contributed by atoms with Crippen molar-refractivity contribution in [2.24, 2.45) is 15.3 Å². The third-order valence-electron chi connectivity index (χ3n) is 6.68. The molecule has 2 aliphatic rings. The van der Waals surface area contributed by atoms with Gasteiger partial charge in [-0.1, -0.05) is 31.2 Å². The molecule has 0 radical (unpaired) electrons. The van der Waals surface area contributed by atoms with E-state index in [4.69, 9.17) is 18.9 Å². The van der Waals surface area contributed by atoms with Crippen molar-refractivity contribution in [1.29, 1.82) is 0 Å². The highest BCUT2D eigenvalue weighted by molar-refractivity contribution is 6.16. The molecule has 2 heterocycles. The van der Waals surface area contributed by atoms with E-state index in [-0.39, 0.29) is 5.92 Å². The number of hydrazone groups is 1. The largest absolute Gasteiger partial charge is 0.493 e. The van der Waals surface area contributed by atoms with Crippen molar-refractivity contribution in [1.82, 2.24) is 5.43 Å². The molecule has 3 aromatic rings. The molecule has 0 bridgehead atoms. The van der Waals surface area contributed by atoms with Gasteiger partial charge >= 0.3 is 0 Å². The molecule has 1 atom stereocenters. The maximum absolute atomic E-state index is 5.54.